The van der Waals surface area contributed by atoms with Crippen LogP contribution in [-0.4, -0.2) is 0 Å². The molecule has 216 valence electrons. The molecule has 2 nitrogen and oxygen atoms in total. The molecule has 0 atom stereocenters. The van der Waals surface area contributed by atoms with Gasteiger partial charge < -0.3 is 9.32 Å². The van der Waals surface area contributed by atoms with Crippen molar-refractivity contribution in [1.82, 2.24) is 0 Å². The fourth-order valence-corrected chi connectivity index (χ4v) is 6.74. The Morgan fingerprint density at radius 2 is 0.891 bits per heavy atom. The molecule has 0 radical (unpaired) electrons. The Morgan fingerprint density at radius 3 is 1.72 bits per heavy atom. The van der Waals surface area contributed by atoms with Gasteiger partial charge in [-0.05, 0) is 104 Å². The van der Waals surface area contributed by atoms with Crippen molar-refractivity contribution in [3.8, 4) is 22.3 Å². The molecule has 2 heteroatoms. The van der Waals surface area contributed by atoms with E-state index in [0.717, 1.165) is 33.6 Å². The molecule has 9 aromatic rings. The SMILES string of the molecule is c1ccc(-c2ccc3cc(N(c4ccccc4)c4ccc(-c5ccc6c(ccc7oc8ccccc8c76)c5)cc4)ccc3c2)cc1. The quantitative estimate of drug-likeness (QED) is 0.199. The van der Waals surface area contributed by atoms with E-state index in [4.69, 9.17) is 4.42 Å². The summed E-state index contributed by atoms with van der Waals surface area (Å²) in [5.41, 5.74) is 10.1. The van der Waals surface area contributed by atoms with E-state index < -0.39 is 0 Å². The Morgan fingerprint density at radius 1 is 0.326 bits per heavy atom. The van der Waals surface area contributed by atoms with Crippen LogP contribution in [0.4, 0.5) is 17.1 Å². The first kappa shape index (κ1) is 26.3. The zero-order valence-corrected chi connectivity index (χ0v) is 25.1. The summed E-state index contributed by atoms with van der Waals surface area (Å²) in [6.45, 7) is 0. The third kappa shape index (κ3) is 4.51. The van der Waals surface area contributed by atoms with E-state index in [2.05, 4.69) is 169 Å². The van der Waals surface area contributed by atoms with E-state index >= 15 is 0 Å². The molecule has 1 aromatic heterocycles. The maximum absolute atomic E-state index is 6.13. The van der Waals surface area contributed by atoms with Gasteiger partial charge in [-0.3, -0.25) is 0 Å². The van der Waals surface area contributed by atoms with Crippen molar-refractivity contribution >= 4 is 60.5 Å². The highest BCUT2D eigenvalue weighted by Gasteiger charge is 2.15. The second-order valence-corrected chi connectivity index (χ2v) is 11.8. The van der Waals surface area contributed by atoms with Gasteiger partial charge in [0.25, 0.3) is 0 Å². The van der Waals surface area contributed by atoms with Crippen LogP contribution in [0, 0.1) is 0 Å². The second kappa shape index (κ2) is 10.8. The number of fused-ring (bicyclic) bond motifs is 6. The molecule has 0 N–H and O–H groups in total. The average molecular weight is 588 g/mol. The molecule has 0 bridgehead atoms. The third-order valence-corrected chi connectivity index (χ3v) is 9.02. The zero-order valence-electron chi connectivity index (χ0n) is 25.1. The molecule has 0 aliphatic rings. The number of hydrogen-bond acceptors (Lipinski definition) is 2. The predicted molar refractivity (Wildman–Crippen MR) is 194 cm³/mol. The minimum absolute atomic E-state index is 0.927. The van der Waals surface area contributed by atoms with Gasteiger partial charge in [-0.2, -0.15) is 0 Å². The standard InChI is InChI=1S/C44H29NO/c1-3-9-30(10-4-1)32-15-16-35-29-39(24-19-34(35)27-32)45(37-11-5-2-6-12-37)38-22-17-31(18-23-38)33-20-25-40-36(28-33)21-26-43-44(40)41-13-7-8-14-42(41)46-43/h1-29H. The van der Waals surface area contributed by atoms with Gasteiger partial charge in [0, 0.05) is 27.8 Å². The first-order valence-electron chi connectivity index (χ1n) is 15.7. The van der Waals surface area contributed by atoms with E-state index in [1.165, 1.54) is 49.2 Å². The molecule has 0 unspecified atom stereocenters. The van der Waals surface area contributed by atoms with Crippen LogP contribution in [-0.2, 0) is 0 Å². The Bertz CT molecular complexity index is 2510. The van der Waals surface area contributed by atoms with Crippen molar-refractivity contribution in [2.24, 2.45) is 0 Å². The lowest BCUT2D eigenvalue weighted by molar-refractivity contribution is 0.669. The first-order chi connectivity index (χ1) is 22.8. The second-order valence-electron chi connectivity index (χ2n) is 11.8. The highest BCUT2D eigenvalue weighted by molar-refractivity contribution is 6.19. The Labute approximate surface area is 267 Å². The van der Waals surface area contributed by atoms with Crippen molar-refractivity contribution in [2.75, 3.05) is 4.90 Å². The van der Waals surface area contributed by atoms with Crippen LogP contribution in [0.25, 0.3) is 65.7 Å². The van der Waals surface area contributed by atoms with Gasteiger partial charge in [-0.15, -0.1) is 0 Å². The summed E-state index contributed by atoms with van der Waals surface area (Å²) >= 11 is 0. The lowest BCUT2D eigenvalue weighted by Gasteiger charge is -2.26. The molecule has 0 saturated carbocycles. The first-order valence-corrected chi connectivity index (χ1v) is 15.7. The van der Waals surface area contributed by atoms with Crippen LogP contribution < -0.4 is 4.90 Å². The van der Waals surface area contributed by atoms with E-state index in [-0.39, 0.29) is 0 Å². The van der Waals surface area contributed by atoms with Gasteiger partial charge in [0.15, 0.2) is 0 Å². The lowest BCUT2D eigenvalue weighted by atomic mass is 9.98. The van der Waals surface area contributed by atoms with E-state index in [1.807, 2.05) is 12.1 Å². The number of anilines is 3. The minimum Gasteiger partial charge on any atom is -0.456 e. The number of furan rings is 1. The molecule has 8 aromatic carbocycles. The molecule has 0 spiro atoms. The molecule has 46 heavy (non-hydrogen) atoms. The van der Waals surface area contributed by atoms with Crippen molar-refractivity contribution in [3.05, 3.63) is 176 Å². The average Bonchev–Trinajstić information content (AvgIpc) is 3.52. The Kier molecular flexibility index (Phi) is 6.17. The number of hydrogen-bond donors (Lipinski definition) is 0. The number of nitrogens with zero attached hydrogens (tertiary/aromatic N) is 1. The highest BCUT2D eigenvalue weighted by atomic mass is 16.3. The van der Waals surface area contributed by atoms with Crippen molar-refractivity contribution in [3.63, 3.8) is 0 Å². The number of para-hydroxylation sites is 2. The van der Waals surface area contributed by atoms with Crippen molar-refractivity contribution in [2.45, 2.75) is 0 Å². The number of benzene rings is 8. The monoisotopic (exact) mass is 587 g/mol. The summed E-state index contributed by atoms with van der Waals surface area (Å²) < 4.78 is 6.13. The maximum atomic E-state index is 6.13. The molecule has 1 heterocycles. The number of rotatable bonds is 5. The normalized spacial score (nSPS) is 11.5. The Hall–Kier alpha value is -6.12. The van der Waals surface area contributed by atoms with E-state index in [1.54, 1.807) is 0 Å². The molecule has 0 saturated heterocycles. The van der Waals surface area contributed by atoms with Crippen molar-refractivity contribution in [1.29, 1.82) is 0 Å². The fourth-order valence-electron chi connectivity index (χ4n) is 6.74. The van der Waals surface area contributed by atoms with Gasteiger partial charge in [-0.1, -0.05) is 115 Å². The van der Waals surface area contributed by atoms with Crippen LogP contribution >= 0.6 is 0 Å². The molecule has 0 fully saturated rings. The van der Waals surface area contributed by atoms with Crippen LogP contribution in [0.15, 0.2) is 180 Å². The van der Waals surface area contributed by atoms with Gasteiger partial charge in [0.05, 0.1) is 0 Å². The minimum atomic E-state index is 0.927. The fraction of sp³-hybridized carbons (Fsp3) is 0. The highest BCUT2D eigenvalue weighted by Crippen LogP contribution is 2.39. The maximum Gasteiger partial charge on any atom is 0.136 e. The largest absolute Gasteiger partial charge is 0.456 e. The van der Waals surface area contributed by atoms with E-state index in [0.29, 0.717) is 0 Å². The zero-order chi connectivity index (χ0) is 30.5. The summed E-state index contributed by atoms with van der Waals surface area (Å²) in [6, 6.07) is 62.8. The van der Waals surface area contributed by atoms with Gasteiger partial charge in [0.2, 0.25) is 0 Å². The predicted octanol–water partition coefficient (Wildman–Crippen LogP) is 12.7. The van der Waals surface area contributed by atoms with Crippen LogP contribution in [0.5, 0.6) is 0 Å². The molecule has 0 aliphatic heterocycles. The van der Waals surface area contributed by atoms with Gasteiger partial charge in [0.1, 0.15) is 11.2 Å². The van der Waals surface area contributed by atoms with Crippen LogP contribution in [0.1, 0.15) is 0 Å². The lowest BCUT2D eigenvalue weighted by Crippen LogP contribution is -2.09. The molecular weight excluding hydrogens is 558 g/mol. The Balaban J connectivity index is 1.09. The summed E-state index contributed by atoms with van der Waals surface area (Å²) in [5, 5.41) is 7.20. The third-order valence-electron chi connectivity index (χ3n) is 9.02. The topological polar surface area (TPSA) is 16.4 Å². The smallest absolute Gasteiger partial charge is 0.136 e. The molecular formula is C44H29NO. The van der Waals surface area contributed by atoms with Crippen LogP contribution in [0.2, 0.25) is 0 Å². The van der Waals surface area contributed by atoms with E-state index in [9.17, 15) is 0 Å². The summed E-state index contributed by atoms with van der Waals surface area (Å²) in [6.07, 6.45) is 0. The van der Waals surface area contributed by atoms with Gasteiger partial charge >= 0.3 is 0 Å². The molecule has 9 rings (SSSR count). The summed E-state index contributed by atoms with van der Waals surface area (Å²) in [7, 11) is 0. The summed E-state index contributed by atoms with van der Waals surface area (Å²) in [5.74, 6) is 0. The van der Waals surface area contributed by atoms with Crippen LogP contribution in [0.3, 0.4) is 0 Å². The molecule has 0 amide bonds. The summed E-state index contributed by atoms with van der Waals surface area (Å²) in [4.78, 5) is 2.33. The van der Waals surface area contributed by atoms with Crippen molar-refractivity contribution < 1.29 is 4.42 Å². The van der Waals surface area contributed by atoms with Gasteiger partial charge in [-0.25, -0.2) is 0 Å². The molecule has 0 aliphatic carbocycles.